The van der Waals surface area contributed by atoms with E-state index in [2.05, 4.69) is 14.7 Å². The van der Waals surface area contributed by atoms with Crippen molar-refractivity contribution in [1.29, 1.82) is 0 Å². The topological polar surface area (TPSA) is 84.1 Å². The zero-order chi connectivity index (χ0) is 13.9. The normalized spacial score (nSPS) is 11.5. The second-order valence-corrected chi connectivity index (χ2v) is 5.72. The Bertz CT molecular complexity index is 664. The van der Waals surface area contributed by atoms with Crippen molar-refractivity contribution < 1.29 is 13.2 Å². The molecule has 0 atom stereocenters. The van der Waals surface area contributed by atoms with E-state index in [1.165, 1.54) is 6.20 Å². The second kappa shape index (κ2) is 5.41. The molecule has 2 N–H and O–H groups in total. The van der Waals surface area contributed by atoms with Crippen LogP contribution in [-0.2, 0) is 21.4 Å². The lowest BCUT2D eigenvalue weighted by molar-refractivity contribution is 0.185. The van der Waals surface area contributed by atoms with E-state index in [9.17, 15) is 8.42 Å². The van der Waals surface area contributed by atoms with Gasteiger partial charge in [-0.3, -0.25) is 4.72 Å². The molecular weight excluding hydrogens is 266 g/mol. The van der Waals surface area contributed by atoms with E-state index < -0.39 is 10.0 Å². The second-order valence-electron chi connectivity index (χ2n) is 4.07. The Labute approximate surface area is 111 Å². The van der Waals surface area contributed by atoms with Crippen LogP contribution in [0.3, 0.4) is 0 Å². The van der Waals surface area contributed by atoms with Crippen LogP contribution in [0.4, 0.5) is 5.69 Å². The van der Waals surface area contributed by atoms with E-state index in [0.717, 1.165) is 5.56 Å². The number of aromatic nitrogens is 2. The van der Waals surface area contributed by atoms with Crippen molar-refractivity contribution in [2.45, 2.75) is 18.6 Å². The molecule has 1 aromatic heterocycles. The number of anilines is 1. The molecule has 0 saturated heterocycles. The van der Waals surface area contributed by atoms with Gasteiger partial charge in [-0.2, -0.15) is 8.42 Å². The average molecular weight is 281 g/mol. The predicted octanol–water partition coefficient (Wildman–Crippen LogP) is 1.67. The summed E-state index contributed by atoms with van der Waals surface area (Å²) in [4.78, 5) is 6.57. The summed E-state index contributed by atoms with van der Waals surface area (Å²) in [5.74, 6) is 0.550. The third kappa shape index (κ3) is 3.33. The number of aromatic amines is 1. The van der Waals surface area contributed by atoms with Crippen LogP contribution < -0.4 is 4.72 Å². The predicted molar refractivity (Wildman–Crippen MR) is 71.3 cm³/mol. The summed E-state index contributed by atoms with van der Waals surface area (Å²) in [5, 5.41) is 0.0437. The molecule has 0 bridgehead atoms. The fraction of sp³-hybridized carbons (Fsp3) is 0.250. The molecule has 102 valence electrons. The number of nitrogens with one attached hydrogen (secondary N) is 2. The molecule has 1 heterocycles. The standard InChI is InChI=1S/C12H15N3O3S/c1-9-13-7-12(14-9)19(16,17)15-11-5-3-4-10(6-11)8-18-2/h3-7,15H,8H2,1-2H3,(H,13,14). The molecule has 0 saturated carbocycles. The fourth-order valence-electron chi connectivity index (χ4n) is 1.64. The number of ether oxygens (including phenoxy) is 1. The van der Waals surface area contributed by atoms with Crippen molar-refractivity contribution in [1.82, 2.24) is 9.97 Å². The monoisotopic (exact) mass is 281 g/mol. The van der Waals surface area contributed by atoms with Gasteiger partial charge in [0.05, 0.1) is 12.8 Å². The first-order chi connectivity index (χ1) is 9.01. The molecule has 0 aliphatic carbocycles. The SMILES string of the molecule is COCc1cccc(NS(=O)(=O)c2cnc(C)[nH]2)c1. The minimum atomic E-state index is -3.63. The summed E-state index contributed by atoms with van der Waals surface area (Å²) in [6, 6.07) is 7.04. The molecule has 7 heteroatoms. The van der Waals surface area contributed by atoms with Crippen molar-refractivity contribution in [2.24, 2.45) is 0 Å². The summed E-state index contributed by atoms with van der Waals surface area (Å²) < 4.78 is 31.6. The molecule has 1 aromatic carbocycles. The first-order valence-corrected chi connectivity index (χ1v) is 7.12. The molecule has 0 amide bonds. The van der Waals surface area contributed by atoms with Crippen LogP contribution in [0, 0.1) is 6.92 Å². The molecule has 0 aliphatic rings. The molecule has 2 rings (SSSR count). The Morgan fingerprint density at radius 3 is 2.84 bits per heavy atom. The van der Waals surface area contributed by atoms with Gasteiger partial charge in [0.2, 0.25) is 0 Å². The van der Waals surface area contributed by atoms with Crippen molar-refractivity contribution in [3.8, 4) is 0 Å². The molecule has 0 aliphatic heterocycles. The number of sulfonamides is 1. The number of methoxy groups -OCH3 is 1. The molecule has 0 radical (unpaired) electrons. The van der Waals surface area contributed by atoms with E-state index in [1.54, 1.807) is 32.2 Å². The average Bonchev–Trinajstić information content (AvgIpc) is 2.77. The number of hydrogen-bond acceptors (Lipinski definition) is 4. The number of imidazole rings is 1. The molecule has 0 unspecified atom stereocenters. The zero-order valence-corrected chi connectivity index (χ0v) is 11.5. The maximum Gasteiger partial charge on any atom is 0.278 e. The van der Waals surface area contributed by atoms with Gasteiger partial charge in [-0.15, -0.1) is 0 Å². The molecular formula is C12H15N3O3S. The van der Waals surface area contributed by atoms with Crippen LogP contribution in [0.5, 0.6) is 0 Å². The van der Waals surface area contributed by atoms with Crippen molar-refractivity contribution in [3.05, 3.63) is 41.9 Å². The van der Waals surface area contributed by atoms with Crippen LogP contribution in [0.25, 0.3) is 0 Å². The molecule has 0 spiro atoms. The van der Waals surface area contributed by atoms with Gasteiger partial charge >= 0.3 is 0 Å². The van der Waals surface area contributed by atoms with E-state index in [4.69, 9.17) is 4.74 Å². The maximum absolute atomic E-state index is 12.1. The molecule has 2 aromatic rings. The lowest BCUT2D eigenvalue weighted by Crippen LogP contribution is -2.13. The van der Waals surface area contributed by atoms with Gasteiger partial charge in [0, 0.05) is 12.8 Å². The molecule has 6 nitrogen and oxygen atoms in total. The van der Waals surface area contributed by atoms with Crippen LogP contribution >= 0.6 is 0 Å². The highest BCUT2D eigenvalue weighted by Gasteiger charge is 2.16. The van der Waals surface area contributed by atoms with Crippen LogP contribution in [0.15, 0.2) is 35.5 Å². The summed E-state index contributed by atoms with van der Waals surface area (Å²) >= 11 is 0. The lowest BCUT2D eigenvalue weighted by Gasteiger charge is -2.07. The number of benzene rings is 1. The van der Waals surface area contributed by atoms with Crippen molar-refractivity contribution in [2.75, 3.05) is 11.8 Å². The highest BCUT2D eigenvalue weighted by atomic mass is 32.2. The zero-order valence-electron chi connectivity index (χ0n) is 10.7. The van der Waals surface area contributed by atoms with Gasteiger partial charge in [0.25, 0.3) is 10.0 Å². The van der Waals surface area contributed by atoms with Crippen molar-refractivity contribution in [3.63, 3.8) is 0 Å². The van der Waals surface area contributed by atoms with Gasteiger partial charge < -0.3 is 9.72 Å². The largest absolute Gasteiger partial charge is 0.380 e. The number of aryl methyl sites for hydroxylation is 1. The Morgan fingerprint density at radius 1 is 1.42 bits per heavy atom. The van der Waals surface area contributed by atoms with Gasteiger partial charge in [-0.05, 0) is 24.6 Å². The number of H-pyrrole nitrogens is 1. The fourth-order valence-corrected chi connectivity index (χ4v) is 2.66. The number of rotatable bonds is 5. The lowest BCUT2D eigenvalue weighted by atomic mass is 10.2. The van der Waals surface area contributed by atoms with Gasteiger partial charge in [0.15, 0.2) is 5.03 Å². The first kappa shape index (κ1) is 13.6. The summed E-state index contributed by atoms with van der Waals surface area (Å²) in [5.41, 5.74) is 1.38. The molecule has 0 fully saturated rings. The van der Waals surface area contributed by atoms with Gasteiger partial charge in [-0.1, -0.05) is 12.1 Å². The van der Waals surface area contributed by atoms with E-state index >= 15 is 0 Å². The maximum atomic E-state index is 12.1. The highest BCUT2D eigenvalue weighted by Crippen LogP contribution is 2.16. The minimum Gasteiger partial charge on any atom is -0.380 e. The Kier molecular flexibility index (Phi) is 3.87. The Hall–Kier alpha value is -1.86. The van der Waals surface area contributed by atoms with E-state index in [-0.39, 0.29) is 5.03 Å². The Balaban J connectivity index is 2.23. The van der Waals surface area contributed by atoms with Gasteiger partial charge in [-0.25, -0.2) is 4.98 Å². The van der Waals surface area contributed by atoms with Crippen LogP contribution in [0.1, 0.15) is 11.4 Å². The summed E-state index contributed by atoms with van der Waals surface area (Å²) in [6.07, 6.45) is 1.29. The highest BCUT2D eigenvalue weighted by molar-refractivity contribution is 7.92. The Morgan fingerprint density at radius 2 is 2.21 bits per heavy atom. The van der Waals surface area contributed by atoms with E-state index in [1.807, 2.05) is 6.07 Å². The van der Waals surface area contributed by atoms with Crippen molar-refractivity contribution >= 4 is 15.7 Å². The van der Waals surface area contributed by atoms with Crippen LogP contribution in [0.2, 0.25) is 0 Å². The van der Waals surface area contributed by atoms with Gasteiger partial charge in [0.1, 0.15) is 5.82 Å². The third-order valence-electron chi connectivity index (χ3n) is 2.46. The quantitative estimate of drug-likeness (QED) is 0.873. The number of nitrogens with zero attached hydrogens (tertiary/aromatic N) is 1. The third-order valence-corrected chi connectivity index (χ3v) is 3.75. The number of hydrogen-bond donors (Lipinski definition) is 2. The van der Waals surface area contributed by atoms with E-state index in [0.29, 0.717) is 18.1 Å². The summed E-state index contributed by atoms with van der Waals surface area (Å²) in [7, 11) is -2.05. The summed E-state index contributed by atoms with van der Waals surface area (Å²) in [6.45, 7) is 2.12. The first-order valence-electron chi connectivity index (χ1n) is 5.63. The smallest absolute Gasteiger partial charge is 0.278 e. The molecule has 19 heavy (non-hydrogen) atoms. The minimum absolute atomic E-state index is 0.0437. The van der Waals surface area contributed by atoms with Crippen LogP contribution in [-0.4, -0.2) is 25.5 Å².